The normalized spacial score (nSPS) is 21.0. The molecular formula is C17H19N5OS. The van der Waals surface area contributed by atoms with Crippen LogP contribution in [-0.2, 0) is 0 Å². The number of aryl methyl sites for hydroxylation is 1. The largest absolute Gasteiger partial charge is 0.366 e. The Bertz CT molecular complexity index is 910. The molecule has 0 unspecified atom stereocenters. The summed E-state index contributed by atoms with van der Waals surface area (Å²) in [7, 11) is 0. The molecule has 3 aromatic heterocycles. The first-order valence-electron chi connectivity index (χ1n) is 8.22. The topological polar surface area (TPSA) is 72.7 Å². The van der Waals surface area contributed by atoms with E-state index in [1.807, 2.05) is 18.4 Å². The fourth-order valence-electron chi connectivity index (χ4n) is 3.33. The van der Waals surface area contributed by atoms with Crippen molar-refractivity contribution in [1.82, 2.24) is 19.7 Å². The molecule has 0 spiro atoms. The van der Waals surface area contributed by atoms with Gasteiger partial charge in [0, 0.05) is 12.1 Å². The second-order valence-electron chi connectivity index (χ2n) is 6.26. The SMILES string of the molecule is Cc1ccc(=O)n(C2CCC(Nc3ncnc4ccsc34)CC2)n1. The molecule has 4 rings (SSSR count). The van der Waals surface area contributed by atoms with E-state index in [-0.39, 0.29) is 11.6 Å². The number of nitrogens with zero attached hydrogens (tertiary/aromatic N) is 4. The number of hydrogen-bond acceptors (Lipinski definition) is 6. The molecule has 24 heavy (non-hydrogen) atoms. The van der Waals surface area contributed by atoms with Crippen LogP contribution in [0.25, 0.3) is 10.2 Å². The minimum absolute atomic E-state index is 0.00639. The van der Waals surface area contributed by atoms with Gasteiger partial charge in [0.2, 0.25) is 0 Å². The molecule has 7 heteroatoms. The zero-order chi connectivity index (χ0) is 16.5. The van der Waals surface area contributed by atoms with E-state index in [1.165, 1.54) is 0 Å². The van der Waals surface area contributed by atoms with Crippen LogP contribution in [0.2, 0.25) is 0 Å². The Kier molecular flexibility index (Phi) is 4.02. The lowest BCUT2D eigenvalue weighted by Gasteiger charge is -2.30. The van der Waals surface area contributed by atoms with Crippen molar-refractivity contribution in [3.63, 3.8) is 0 Å². The lowest BCUT2D eigenvalue weighted by Crippen LogP contribution is -2.33. The molecule has 1 fully saturated rings. The van der Waals surface area contributed by atoms with Gasteiger partial charge in [0.15, 0.2) is 0 Å². The Morgan fingerprint density at radius 2 is 2.00 bits per heavy atom. The summed E-state index contributed by atoms with van der Waals surface area (Å²) in [5, 5.41) is 10.0. The number of thiophene rings is 1. The summed E-state index contributed by atoms with van der Waals surface area (Å²) in [5.41, 5.74) is 1.87. The highest BCUT2D eigenvalue weighted by molar-refractivity contribution is 7.17. The standard InChI is InChI=1S/C17H19N5OS/c1-11-2-7-15(23)22(21-11)13-5-3-12(4-6-13)20-17-16-14(8-9-24-16)18-10-19-17/h2,7-10,12-13H,3-6H2,1H3,(H,18,19,20). The lowest BCUT2D eigenvalue weighted by atomic mass is 9.91. The van der Waals surface area contributed by atoms with Crippen LogP contribution < -0.4 is 10.9 Å². The molecule has 0 saturated heterocycles. The summed E-state index contributed by atoms with van der Waals surface area (Å²) in [6.07, 6.45) is 5.52. The van der Waals surface area contributed by atoms with Crippen LogP contribution in [0, 0.1) is 6.92 Å². The van der Waals surface area contributed by atoms with E-state index in [0.29, 0.717) is 6.04 Å². The minimum Gasteiger partial charge on any atom is -0.366 e. The van der Waals surface area contributed by atoms with Gasteiger partial charge in [0.25, 0.3) is 5.56 Å². The van der Waals surface area contributed by atoms with E-state index in [1.54, 1.807) is 34.5 Å². The number of aromatic nitrogens is 4. The van der Waals surface area contributed by atoms with Crippen molar-refractivity contribution in [1.29, 1.82) is 0 Å². The number of nitrogens with one attached hydrogen (secondary N) is 1. The fourth-order valence-corrected chi connectivity index (χ4v) is 4.13. The molecule has 3 heterocycles. The van der Waals surface area contributed by atoms with Crippen LogP contribution in [0.15, 0.2) is 34.7 Å². The van der Waals surface area contributed by atoms with Crippen LogP contribution in [0.4, 0.5) is 5.82 Å². The highest BCUT2D eigenvalue weighted by Gasteiger charge is 2.24. The van der Waals surface area contributed by atoms with Crippen molar-refractivity contribution < 1.29 is 0 Å². The maximum absolute atomic E-state index is 12.0. The maximum atomic E-state index is 12.0. The fraction of sp³-hybridized carbons (Fsp3) is 0.412. The molecule has 1 aliphatic carbocycles. The number of fused-ring (bicyclic) bond motifs is 1. The lowest BCUT2D eigenvalue weighted by molar-refractivity contribution is 0.302. The van der Waals surface area contributed by atoms with Crippen LogP contribution >= 0.6 is 11.3 Å². The number of anilines is 1. The molecule has 0 amide bonds. The quantitative estimate of drug-likeness (QED) is 0.792. The van der Waals surface area contributed by atoms with Crippen LogP contribution in [0.1, 0.15) is 37.4 Å². The van der Waals surface area contributed by atoms with Crippen LogP contribution in [-0.4, -0.2) is 25.8 Å². The first kappa shape index (κ1) is 15.3. The molecule has 124 valence electrons. The van der Waals surface area contributed by atoms with Crippen molar-refractivity contribution in [3.8, 4) is 0 Å². The van der Waals surface area contributed by atoms with E-state index >= 15 is 0 Å². The van der Waals surface area contributed by atoms with Crippen molar-refractivity contribution in [3.05, 3.63) is 46.0 Å². The van der Waals surface area contributed by atoms with Gasteiger partial charge in [-0.05, 0) is 50.1 Å². The van der Waals surface area contributed by atoms with Gasteiger partial charge in [-0.15, -0.1) is 11.3 Å². The number of hydrogen-bond donors (Lipinski definition) is 1. The monoisotopic (exact) mass is 341 g/mol. The zero-order valence-corrected chi connectivity index (χ0v) is 14.3. The Morgan fingerprint density at radius 3 is 2.83 bits per heavy atom. The maximum Gasteiger partial charge on any atom is 0.267 e. The van der Waals surface area contributed by atoms with Gasteiger partial charge in [0.1, 0.15) is 12.1 Å². The number of rotatable bonds is 3. The summed E-state index contributed by atoms with van der Waals surface area (Å²) >= 11 is 1.66. The predicted octanol–water partition coefficient (Wildman–Crippen LogP) is 3.15. The van der Waals surface area contributed by atoms with E-state index < -0.39 is 0 Å². The molecule has 0 atom stereocenters. The minimum atomic E-state index is -0.00639. The Hall–Kier alpha value is -2.28. The Labute approximate surface area is 143 Å². The molecule has 0 aromatic carbocycles. The van der Waals surface area contributed by atoms with E-state index in [4.69, 9.17) is 0 Å². The second-order valence-corrected chi connectivity index (χ2v) is 7.18. The summed E-state index contributed by atoms with van der Waals surface area (Å²) in [4.78, 5) is 20.7. The molecule has 0 bridgehead atoms. The Balaban J connectivity index is 1.46. The third kappa shape index (κ3) is 2.91. The summed E-state index contributed by atoms with van der Waals surface area (Å²) < 4.78 is 2.77. The van der Waals surface area contributed by atoms with Gasteiger partial charge in [-0.2, -0.15) is 5.10 Å². The molecule has 1 saturated carbocycles. The average molecular weight is 341 g/mol. The third-order valence-corrected chi connectivity index (χ3v) is 5.50. The van der Waals surface area contributed by atoms with E-state index in [2.05, 4.69) is 20.4 Å². The van der Waals surface area contributed by atoms with Crippen LogP contribution in [0.3, 0.4) is 0 Å². The first-order valence-corrected chi connectivity index (χ1v) is 9.10. The highest BCUT2D eigenvalue weighted by atomic mass is 32.1. The molecule has 0 aliphatic heterocycles. The highest BCUT2D eigenvalue weighted by Crippen LogP contribution is 2.31. The molecule has 1 N–H and O–H groups in total. The molecular weight excluding hydrogens is 322 g/mol. The van der Waals surface area contributed by atoms with E-state index in [0.717, 1.165) is 47.4 Å². The first-order chi connectivity index (χ1) is 11.7. The summed E-state index contributed by atoms with van der Waals surface area (Å²) in [5.74, 6) is 0.921. The van der Waals surface area contributed by atoms with Gasteiger partial charge >= 0.3 is 0 Å². The molecule has 6 nitrogen and oxygen atoms in total. The smallest absolute Gasteiger partial charge is 0.267 e. The molecule has 0 radical (unpaired) electrons. The van der Waals surface area contributed by atoms with Gasteiger partial charge < -0.3 is 5.32 Å². The Morgan fingerprint density at radius 1 is 1.17 bits per heavy atom. The average Bonchev–Trinajstić information content (AvgIpc) is 3.08. The van der Waals surface area contributed by atoms with Crippen molar-refractivity contribution >= 4 is 27.4 Å². The van der Waals surface area contributed by atoms with Gasteiger partial charge in [-0.3, -0.25) is 4.79 Å². The predicted molar refractivity (Wildman–Crippen MR) is 95.6 cm³/mol. The van der Waals surface area contributed by atoms with Crippen molar-refractivity contribution in [2.24, 2.45) is 0 Å². The second kappa shape index (κ2) is 6.32. The van der Waals surface area contributed by atoms with Gasteiger partial charge in [0.05, 0.1) is 22.0 Å². The van der Waals surface area contributed by atoms with Gasteiger partial charge in [-0.1, -0.05) is 0 Å². The molecule has 1 aliphatic rings. The summed E-state index contributed by atoms with van der Waals surface area (Å²) in [6, 6.07) is 5.97. The van der Waals surface area contributed by atoms with Crippen molar-refractivity contribution in [2.75, 3.05) is 5.32 Å². The zero-order valence-electron chi connectivity index (χ0n) is 13.5. The third-order valence-electron chi connectivity index (χ3n) is 4.58. The van der Waals surface area contributed by atoms with Crippen LogP contribution in [0.5, 0.6) is 0 Å². The molecule has 3 aromatic rings. The summed E-state index contributed by atoms with van der Waals surface area (Å²) in [6.45, 7) is 1.92. The van der Waals surface area contributed by atoms with Gasteiger partial charge in [-0.25, -0.2) is 14.6 Å². The van der Waals surface area contributed by atoms with Crippen molar-refractivity contribution in [2.45, 2.75) is 44.7 Å². The van der Waals surface area contributed by atoms with E-state index in [9.17, 15) is 4.79 Å².